The summed E-state index contributed by atoms with van der Waals surface area (Å²) in [5.41, 5.74) is 4.91. The number of hydrogen-bond acceptors (Lipinski definition) is 4. The van der Waals surface area contributed by atoms with Crippen molar-refractivity contribution in [1.29, 1.82) is 0 Å². The molecule has 0 bridgehead atoms. The topological polar surface area (TPSA) is 57.5 Å². The molecule has 1 saturated heterocycles. The van der Waals surface area contributed by atoms with Gasteiger partial charge >= 0.3 is 0 Å². The van der Waals surface area contributed by atoms with E-state index in [-0.39, 0.29) is 0 Å². The van der Waals surface area contributed by atoms with Crippen molar-refractivity contribution in [1.82, 2.24) is 20.4 Å². The van der Waals surface area contributed by atoms with E-state index in [1.807, 2.05) is 28.7 Å². The van der Waals surface area contributed by atoms with Crippen molar-refractivity contribution in [2.45, 2.75) is 19.9 Å². The minimum Gasteiger partial charge on any atom is -0.370 e. The summed E-state index contributed by atoms with van der Waals surface area (Å²) in [6, 6.07) is 19.3. The van der Waals surface area contributed by atoms with E-state index in [0.29, 0.717) is 6.54 Å². The van der Waals surface area contributed by atoms with Gasteiger partial charge < -0.3 is 15.5 Å². The molecule has 32 heavy (non-hydrogen) atoms. The van der Waals surface area contributed by atoms with Crippen molar-refractivity contribution in [2.24, 2.45) is 4.99 Å². The Morgan fingerprint density at radius 2 is 1.69 bits per heavy atom. The van der Waals surface area contributed by atoms with Gasteiger partial charge in [0.2, 0.25) is 0 Å². The van der Waals surface area contributed by atoms with Gasteiger partial charge in [0, 0.05) is 55.8 Å². The van der Waals surface area contributed by atoms with Crippen LogP contribution in [0.1, 0.15) is 18.1 Å². The number of thioether (sulfide) groups is 1. The Balaban J connectivity index is 1.27. The van der Waals surface area contributed by atoms with Crippen molar-refractivity contribution >= 4 is 23.4 Å². The molecule has 1 aromatic heterocycles. The summed E-state index contributed by atoms with van der Waals surface area (Å²) >= 11 is 2.04. The Hall–Kier alpha value is -2.93. The van der Waals surface area contributed by atoms with E-state index in [1.54, 1.807) is 6.20 Å². The summed E-state index contributed by atoms with van der Waals surface area (Å²) in [5.74, 6) is 3.30. The second-order valence-corrected chi connectivity index (χ2v) is 8.98. The predicted octanol–water partition coefficient (Wildman–Crippen LogP) is 3.72. The standard InChI is InChI=1S/C25H32N6S/c1-2-26-25(27-14-12-21-4-10-24(11-5-21)31-15-3-13-29-31)28-20-22-6-8-23(9-7-22)30-16-18-32-19-17-30/h3-11,13,15H,2,12,14,16-20H2,1H3,(H2,26,27,28). The highest BCUT2D eigenvalue weighted by atomic mass is 32.2. The average molecular weight is 449 g/mol. The second kappa shape index (κ2) is 11.6. The van der Waals surface area contributed by atoms with Crippen LogP contribution in [0.15, 0.2) is 72.0 Å². The molecule has 1 aliphatic heterocycles. The van der Waals surface area contributed by atoms with Gasteiger partial charge in [0.25, 0.3) is 0 Å². The molecule has 0 saturated carbocycles. The number of hydrogen-bond donors (Lipinski definition) is 2. The molecular formula is C25H32N6S. The van der Waals surface area contributed by atoms with Crippen molar-refractivity contribution in [3.8, 4) is 5.69 Å². The number of rotatable bonds is 8. The van der Waals surface area contributed by atoms with Gasteiger partial charge in [-0.2, -0.15) is 16.9 Å². The first-order valence-electron chi connectivity index (χ1n) is 11.3. The SMILES string of the molecule is CCNC(=NCc1ccc(N2CCSCC2)cc1)NCCc1ccc(-n2cccn2)cc1. The van der Waals surface area contributed by atoms with Crippen LogP contribution in [0.5, 0.6) is 0 Å². The number of anilines is 1. The minimum absolute atomic E-state index is 0.671. The third kappa shape index (κ3) is 6.29. The Morgan fingerprint density at radius 1 is 0.969 bits per heavy atom. The fourth-order valence-corrected chi connectivity index (χ4v) is 4.61. The summed E-state index contributed by atoms with van der Waals surface area (Å²) in [6.07, 6.45) is 4.68. The lowest BCUT2D eigenvalue weighted by atomic mass is 10.1. The van der Waals surface area contributed by atoms with E-state index < -0.39 is 0 Å². The lowest BCUT2D eigenvalue weighted by molar-refractivity contribution is 0.798. The van der Waals surface area contributed by atoms with Crippen molar-refractivity contribution in [3.05, 3.63) is 78.1 Å². The van der Waals surface area contributed by atoms with E-state index in [9.17, 15) is 0 Å². The minimum atomic E-state index is 0.671. The lowest BCUT2D eigenvalue weighted by Gasteiger charge is -2.28. The maximum absolute atomic E-state index is 4.77. The van der Waals surface area contributed by atoms with Crippen LogP contribution in [-0.2, 0) is 13.0 Å². The average Bonchev–Trinajstić information content (AvgIpc) is 3.39. The maximum atomic E-state index is 4.77. The van der Waals surface area contributed by atoms with Gasteiger partial charge in [-0.25, -0.2) is 9.67 Å². The largest absolute Gasteiger partial charge is 0.370 e. The number of nitrogens with zero attached hydrogens (tertiary/aromatic N) is 4. The molecule has 1 fully saturated rings. The molecule has 0 unspecified atom stereocenters. The zero-order valence-electron chi connectivity index (χ0n) is 18.7. The Kier molecular flexibility index (Phi) is 8.09. The van der Waals surface area contributed by atoms with Crippen LogP contribution in [0.4, 0.5) is 5.69 Å². The van der Waals surface area contributed by atoms with Crippen molar-refractivity contribution in [3.63, 3.8) is 0 Å². The van der Waals surface area contributed by atoms with Crippen molar-refractivity contribution in [2.75, 3.05) is 42.6 Å². The molecule has 1 aliphatic rings. The highest BCUT2D eigenvalue weighted by molar-refractivity contribution is 7.99. The fourth-order valence-electron chi connectivity index (χ4n) is 3.71. The van der Waals surface area contributed by atoms with Crippen LogP contribution in [0, 0.1) is 0 Å². The smallest absolute Gasteiger partial charge is 0.191 e. The zero-order valence-corrected chi connectivity index (χ0v) is 19.5. The van der Waals surface area contributed by atoms with Gasteiger partial charge in [0.1, 0.15) is 0 Å². The first kappa shape index (κ1) is 22.3. The van der Waals surface area contributed by atoms with Gasteiger partial charge in [-0.3, -0.25) is 0 Å². The number of aromatic nitrogens is 2. The molecule has 7 heteroatoms. The third-order valence-corrected chi connectivity index (χ3v) is 6.43. The van der Waals surface area contributed by atoms with Crippen LogP contribution >= 0.6 is 11.8 Å². The van der Waals surface area contributed by atoms with Crippen molar-refractivity contribution < 1.29 is 0 Å². The maximum Gasteiger partial charge on any atom is 0.191 e. The summed E-state index contributed by atoms with van der Waals surface area (Å²) in [5, 5.41) is 11.1. The van der Waals surface area contributed by atoms with Crippen LogP contribution in [0.25, 0.3) is 5.69 Å². The zero-order chi connectivity index (χ0) is 22.0. The number of benzene rings is 2. The number of aliphatic imine (C=N–C) groups is 1. The van der Waals surface area contributed by atoms with E-state index in [2.05, 4.69) is 76.1 Å². The molecule has 4 rings (SSSR count). The van der Waals surface area contributed by atoms with Gasteiger partial charge in [-0.05, 0) is 54.8 Å². The molecule has 0 aliphatic carbocycles. The summed E-state index contributed by atoms with van der Waals surface area (Å²) in [4.78, 5) is 7.24. The Morgan fingerprint density at radius 3 is 2.38 bits per heavy atom. The molecule has 2 N–H and O–H groups in total. The Labute approximate surface area is 195 Å². The molecule has 2 heterocycles. The Bertz CT molecular complexity index is 961. The highest BCUT2D eigenvalue weighted by Crippen LogP contribution is 2.20. The summed E-state index contributed by atoms with van der Waals surface area (Å²) in [7, 11) is 0. The van der Waals surface area contributed by atoms with Gasteiger partial charge in [0.15, 0.2) is 5.96 Å². The molecule has 6 nitrogen and oxygen atoms in total. The highest BCUT2D eigenvalue weighted by Gasteiger charge is 2.10. The van der Waals surface area contributed by atoms with Gasteiger partial charge in [0.05, 0.1) is 12.2 Å². The summed E-state index contributed by atoms with van der Waals surface area (Å²) < 4.78 is 1.87. The number of guanidine groups is 1. The summed E-state index contributed by atoms with van der Waals surface area (Å²) in [6.45, 7) is 6.72. The van der Waals surface area contributed by atoms with E-state index in [4.69, 9.17) is 4.99 Å². The molecule has 0 radical (unpaired) electrons. The molecule has 0 spiro atoms. The number of nitrogens with one attached hydrogen (secondary N) is 2. The quantitative estimate of drug-likeness (QED) is 0.406. The normalized spacial score (nSPS) is 14.4. The van der Waals surface area contributed by atoms with Crippen LogP contribution in [0.3, 0.4) is 0 Å². The monoisotopic (exact) mass is 448 g/mol. The molecule has 0 amide bonds. The van der Waals surface area contributed by atoms with E-state index in [1.165, 1.54) is 28.3 Å². The third-order valence-electron chi connectivity index (χ3n) is 5.49. The molecule has 0 atom stereocenters. The molecule has 168 valence electrons. The second-order valence-electron chi connectivity index (χ2n) is 7.75. The van der Waals surface area contributed by atoms with Crippen LogP contribution in [-0.4, -0.2) is 53.4 Å². The predicted molar refractivity (Wildman–Crippen MR) is 136 cm³/mol. The van der Waals surface area contributed by atoms with E-state index >= 15 is 0 Å². The van der Waals surface area contributed by atoms with Crippen LogP contribution < -0.4 is 15.5 Å². The molecule has 3 aromatic rings. The van der Waals surface area contributed by atoms with Gasteiger partial charge in [-0.15, -0.1) is 0 Å². The van der Waals surface area contributed by atoms with E-state index in [0.717, 1.165) is 44.2 Å². The first-order chi connectivity index (χ1) is 15.8. The molecule has 2 aromatic carbocycles. The lowest BCUT2D eigenvalue weighted by Crippen LogP contribution is -2.38. The fraction of sp³-hybridized carbons (Fsp3) is 0.360. The van der Waals surface area contributed by atoms with Gasteiger partial charge in [-0.1, -0.05) is 24.3 Å². The first-order valence-corrected chi connectivity index (χ1v) is 12.5. The molecular weight excluding hydrogens is 416 g/mol. The van der Waals surface area contributed by atoms with Crippen LogP contribution in [0.2, 0.25) is 0 Å².